The van der Waals surface area contributed by atoms with E-state index in [9.17, 15) is 4.79 Å². The van der Waals surface area contributed by atoms with Gasteiger partial charge in [0.15, 0.2) is 16.6 Å². The molecule has 2 aliphatic heterocycles. The van der Waals surface area contributed by atoms with Crippen LogP contribution in [-0.4, -0.2) is 34.5 Å². The van der Waals surface area contributed by atoms with Gasteiger partial charge in [-0.15, -0.1) is 0 Å². The highest BCUT2D eigenvalue weighted by atomic mass is 32.1. The van der Waals surface area contributed by atoms with Crippen LogP contribution in [0, 0.1) is 13.8 Å². The van der Waals surface area contributed by atoms with Crippen molar-refractivity contribution in [3.05, 3.63) is 101 Å². The molecule has 2 aliphatic rings. The summed E-state index contributed by atoms with van der Waals surface area (Å²) in [5, 5.41) is 4.10. The summed E-state index contributed by atoms with van der Waals surface area (Å²) in [6.45, 7) is 4.29. The second kappa shape index (κ2) is 9.50. The molecule has 1 saturated heterocycles. The molecule has 0 unspecified atom stereocenters. The first kappa shape index (κ1) is 24.0. The van der Waals surface area contributed by atoms with Crippen LogP contribution < -0.4 is 19.7 Å². The van der Waals surface area contributed by atoms with Gasteiger partial charge < -0.3 is 29.0 Å². The average molecular weight is 527 g/mol. The summed E-state index contributed by atoms with van der Waals surface area (Å²) in [6.07, 6.45) is 1.79. The SMILES string of the molecule is COC(=O)c1ccccc1-n1c(C)cc([C@@H]2[C@H](c3ccccn3)NC(=S)N2c2ccc3c(c2)OCO3)c1C. The number of hydrogen-bond donors (Lipinski definition) is 1. The Morgan fingerprint density at radius 2 is 1.84 bits per heavy atom. The smallest absolute Gasteiger partial charge is 0.339 e. The van der Waals surface area contributed by atoms with Crippen molar-refractivity contribution < 1.29 is 19.0 Å². The van der Waals surface area contributed by atoms with Crippen molar-refractivity contribution in [3.8, 4) is 17.2 Å². The van der Waals surface area contributed by atoms with Gasteiger partial charge in [0.2, 0.25) is 6.79 Å². The molecule has 0 saturated carbocycles. The van der Waals surface area contributed by atoms with E-state index >= 15 is 0 Å². The van der Waals surface area contributed by atoms with E-state index in [-0.39, 0.29) is 24.8 Å². The van der Waals surface area contributed by atoms with Gasteiger partial charge in [0, 0.05) is 29.3 Å². The van der Waals surface area contributed by atoms with Crippen molar-refractivity contribution in [1.29, 1.82) is 0 Å². The Hall–Kier alpha value is -4.37. The zero-order chi connectivity index (χ0) is 26.4. The number of nitrogens with zero attached hydrogens (tertiary/aromatic N) is 3. The monoisotopic (exact) mass is 526 g/mol. The van der Waals surface area contributed by atoms with Crippen molar-refractivity contribution in [1.82, 2.24) is 14.9 Å². The molecule has 1 fully saturated rings. The van der Waals surface area contributed by atoms with Crippen LogP contribution in [0.2, 0.25) is 0 Å². The number of ether oxygens (including phenoxy) is 3. The fourth-order valence-electron chi connectivity index (χ4n) is 5.39. The van der Waals surface area contributed by atoms with Gasteiger partial charge in [-0.2, -0.15) is 0 Å². The number of carbonyl (C=O) groups is 1. The highest BCUT2D eigenvalue weighted by Gasteiger charge is 2.42. The van der Waals surface area contributed by atoms with E-state index in [1.165, 1.54) is 7.11 Å². The van der Waals surface area contributed by atoms with Gasteiger partial charge in [-0.25, -0.2) is 4.79 Å². The van der Waals surface area contributed by atoms with Crippen LogP contribution in [0.3, 0.4) is 0 Å². The van der Waals surface area contributed by atoms with Gasteiger partial charge in [-0.3, -0.25) is 4.98 Å². The Morgan fingerprint density at radius 1 is 1.05 bits per heavy atom. The number of thiocarbonyl (C=S) groups is 1. The fourth-order valence-corrected chi connectivity index (χ4v) is 5.74. The lowest BCUT2D eigenvalue weighted by Crippen LogP contribution is -2.29. The molecular formula is C29H26N4O4S. The Kier molecular flexibility index (Phi) is 6.00. The lowest BCUT2D eigenvalue weighted by Gasteiger charge is -2.28. The van der Waals surface area contributed by atoms with Crippen LogP contribution in [0.4, 0.5) is 5.69 Å². The molecule has 4 aromatic rings. The van der Waals surface area contributed by atoms with Crippen LogP contribution in [0.15, 0.2) is 72.9 Å². The van der Waals surface area contributed by atoms with E-state index in [0.717, 1.165) is 34.0 Å². The van der Waals surface area contributed by atoms with Crippen molar-refractivity contribution in [2.75, 3.05) is 18.8 Å². The zero-order valence-electron chi connectivity index (χ0n) is 21.2. The molecular weight excluding hydrogens is 500 g/mol. The second-order valence-electron chi connectivity index (χ2n) is 9.20. The quantitative estimate of drug-likeness (QED) is 0.282. The van der Waals surface area contributed by atoms with E-state index in [1.54, 1.807) is 12.3 Å². The van der Waals surface area contributed by atoms with Crippen LogP contribution in [0.1, 0.15) is 45.1 Å². The Morgan fingerprint density at radius 3 is 2.63 bits per heavy atom. The number of benzene rings is 2. The highest BCUT2D eigenvalue weighted by molar-refractivity contribution is 7.80. The van der Waals surface area contributed by atoms with E-state index in [0.29, 0.717) is 22.2 Å². The first-order valence-electron chi connectivity index (χ1n) is 12.2. The number of carbonyl (C=O) groups excluding carboxylic acids is 1. The van der Waals surface area contributed by atoms with Gasteiger partial charge in [-0.05, 0) is 74.1 Å². The normalized spacial score (nSPS) is 18.0. The minimum atomic E-state index is -0.383. The van der Waals surface area contributed by atoms with Gasteiger partial charge in [0.05, 0.1) is 36.1 Å². The topological polar surface area (TPSA) is 77.9 Å². The predicted molar refractivity (Wildman–Crippen MR) is 147 cm³/mol. The Balaban J connectivity index is 1.52. The van der Waals surface area contributed by atoms with Crippen molar-refractivity contribution in [3.63, 3.8) is 0 Å². The van der Waals surface area contributed by atoms with Crippen molar-refractivity contribution in [2.45, 2.75) is 25.9 Å². The number of hydrogen-bond acceptors (Lipinski definition) is 6. The van der Waals surface area contributed by atoms with Gasteiger partial charge in [0.1, 0.15) is 0 Å². The maximum absolute atomic E-state index is 12.6. The summed E-state index contributed by atoms with van der Waals surface area (Å²) in [5.74, 6) is 1.01. The number of pyridine rings is 1. The van der Waals surface area contributed by atoms with E-state index in [1.807, 2.05) is 61.5 Å². The molecule has 192 valence electrons. The highest BCUT2D eigenvalue weighted by Crippen LogP contribution is 2.46. The molecule has 0 bridgehead atoms. The summed E-state index contributed by atoms with van der Waals surface area (Å²) in [7, 11) is 1.39. The molecule has 8 nitrogen and oxygen atoms in total. The number of nitrogens with one attached hydrogen (secondary N) is 1. The Labute approximate surface area is 225 Å². The minimum Gasteiger partial charge on any atom is -0.465 e. The summed E-state index contributed by atoms with van der Waals surface area (Å²) in [5.41, 5.74) is 6.05. The summed E-state index contributed by atoms with van der Waals surface area (Å²) in [6, 6.07) is 20.9. The number of rotatable bonds is 5. The van der Waals surface area contributed by atoms with Crippen molar-refractivity contribution in [2.24, 2.45) is 0 Å². The van der Waals surface area contributed by atoms with Gasteiger partial charge in [0.25, 0.3) is 0 Å². The van der Waals surface area contributed by atoms with Crippen molar-refractivity contribution >= 4 is 29.0 Å². The standard InChI is InChI=1S/C29H26N4O4S/c1-17-14-21(18(2)32(17)23-10-5-4-8-20(23)28(34)35-3)27-26(22-9-6-7-13-30-22)31-29(38)33(27)19-11-12-24-25(15-19)37-16-36-24/h4-15,26-27H,16H2,1-3H3,(H,31,38)/t26-,27+/m0/s1. The molecule has 6 rings (SSSR count). The molecule has 2 aromatic carbocycles. The number of fused-ring (bicyclic) bond motifs is 1. The average Bonchev–Trinajstić information content (AvgIpc) is 3.63. The fraction of sp³-hybridized carbons (Fsp3) is 0.207. The molecule has 4 heterocycles. The number of aryl methyl sites for hydroxylation is 1. The molecule has 0 radical (unpaired) electrons. The molecule has 9 heteroatoms. The third-order valence-electron chi connectivity index (χ3n) is 7.07. The van der Waals surface area contributed by atoms with E-state index in [2.05, 4.69) is 32.8 Å². The number of anilines is 1. The first-order valence-corrected chi connectivity index (χ1v) is 12.7. The Bertz CT molecular complexity index is 1550. The largest absolute Gasteiger partial charge is 0.465 e. The zero-order valence-corrected chi connectivity index (χ0v) is 22.0. The van der Waals surface area contributed by atoms with E-state index < -0.39 is 0 Å². The van der Waals surface area contributed by atoms with Gasteiger partial charge in [-0.1, -0.05) is 18.2 Å². The van der Waals surface area contributed by atoms with Crippen LogP contribution in [-0.2, 0) is 4.74 Å². The number of esters is 1. The predicted octanol–water partition coefficient (Wildman–Crippen LogP) is 5.18. The number of aromatic nitrogens is 2. The van der Waals surface area contributed by atoms with Gasteiger partial charge >= 0.3 is 5.97 Å². The summed E-state index contributed by atoms with van der Waals surface area (Å²) in [4.78, 5) is 19.4. The van der Waals surface area contributed by atoms with Crippen LogP contribution in [0.25, 0.3) is 5.69 Å². The molecule has 1 N–H and O–H groups in total. The number of para-hydroxylation sites is 1. The first-order chi connectivity index (χ1) is 18.5. The second-order valence-corrected chi connectivity index (χ2v) is 9.59. The van der Waals surface area contributed by atoms with E-state index in [4.69, 9.17) is 26.4 Å². The lowest BCUT2D eigenvalue weighted by atomic mass is 9.96. The minimum absolute atomic E-state index is 0.197. The molecule has 38 heavy (non-hydrogen) atoms. The molecule has 0 spiro atoms. The maximum Gasteiger partial charge on any atom is 0.339 e. The maximum atomic E-state index is 12.6. The molecule has 2 aromatic heterocycles. The van der Waals surface area contributed by atoms with Crippen LogP contribution >= 0.6 is 12.2 Å². The summed E-state index contributed by atoms with van der Waals surface area (Å²) < 4.78 is 18.4. The third kappa shape index (κ3) is 3.86. The molecule has 0 amide bonds. The molecule has 0 aliphatic carbocycles. The number of methoxy groups -OCH3 is 1. The molecule has 2 atom stereocenters. The lowest BCUT2D eigenvalue weighted by molar-refractivity contribution is 0.0600. The summed E-state index contributed by atoms with van der Waals surface area (Å²) >= 11 is 5.90. The third-order valence-corrected chi connectivity index (χ3v) is 7.39. The van der Waals surface area contributed by atoms with Crippen LogP contribution in [0.5, 0.6) is 11.5 Å².